The van der Waals surface area contributed by atoms with Gasteiger partial charge in [-0.15, -0.1) is 11.3 Å². The highest BCUT2D eigenvalue weighted by Gasteiger charge is 2.21. The Labute approximate surface area is 115 Å². The molecule has 0 atom stereocenters. The van der Waals surface area contributed by atoms with E-state index < -0.39 is 0 Å². The summed E-state index contributed by atoms with van der Waals surface area (Å²) in [6.07, 6.45) is 5.25. The molecule has 0 radical (unpaired) electrons. The maximum atomic E-state index is 3.47. The first-order valence-corrected chi connectivity index (χ1v) is 8.17. The normalized spacial score (nSPS) is 17.5. The summed E-state index contributed by atoms with van der Waals surface area (Å²) in [7, 11) is 0. The highest BCUT2D eigenvalue weighted by atomic mass is 32.1. The third-order valence-electron chi connectivity index (χ3n) is 3.96. The minimum absolute atomic E-state index is 0.789. The third-order valence-corrected chi connectivity index (χ3v) is 4.85. The van der Waals surface area contributed by atoms with Gasteiger partial charge in [0.15, 0.2) is 0 Å². The topological polar surface area (TPSA) is 15.3 Å². The second-order valence-electron chi connectivity index (χ2n) is 5.31. The van der Waals surface area contributed by atoms with Crippen LogP contribution in [0.5, 0.6) is 0 Å². The molecule has 1 fully saturated rings. The highest BCUT2D eigenvalue weighted by molar-refractivity contribution is 7.10. The van der Waals surface area contributed by atoms with Crippen LogP contribution in [0.3, 0.4) is 0 Å². The fourth-order valence-electron chi connectivity index (χ4n) is 2.72. The lowest BCUT2D eigenvalue weighted by molar-refractivity contribution is 0.152. The number of hydrogen-bond acceptors (Lipinski definition) is 3. The van der Waals surface area contributed by atoms with E-state index >= 15 is 0 Å². The Bertz CT molecular complexity index is 342. The Morgan fingerprint density at radius 3 is 2.78 bits per heavy atom. The van der Waals surface area contributed by atoms with Gasteiger partial charge in [0, 0.05) is 17.5 Å². The number of hydrogen-bond donors (Lipinski definition) is 1. The maximum Gasteiger partial charge on any atom is 0.0247 e. The number of unbranched alkanes of at least 4 members (excludes halogenated alkanes) is 1. The Balaban J connectivity index is 1.97. The summed E-state index contributed by atoms with van der Waals surface area (Å²) in [5.41, 5.74) is 1.54. The third kappa shape index (κ3) is 3.81. The van der Waals surface area contributed by atoms with E-state index in [2.05, 4.69) is 35.5 Å². The van der Waals surface area contributed by atoms with Crippen molar-refractivity contribution in [1.29, 1.82) is 0 Å². The van der Waals surface area contributed by atoms with E-state index in [1.165, 1.54) is 55.8 Å². The van der Waals surface area contributed by atoms with E-state index in [-0.39, 0.29) is 0 Å². The lowest BCUT2D eigenvalue weighted by Gasteiger charge is -2.34. The van der Waals surface area contributed by atoms with Crippen LogP contribution in [0.4, 0.5) is 0 Å². The first kappa shape index (κ1) is 14.0. The molecule has 102 valence electrons. The molecule has 2 nitrogen and oxygen atoms in total. The van der Waals surface area contributed by atoms with E-state index in [4.69, 9.17) is 0 Å². The van der Waals surface area contributed by atoms with Crippen molar-refractivity contribution in [2.45, 2.75) is 52.1 Å². The number of thiophene rings is 1. The zero-order chi connectivity index (χ0) is 12.8. The second kappa shape index (κ2) is 7.27. The van der Waals surface area contributed by atoms with Crippen LogP contribution in [-0.2, 0) is 6.54 Å². The van der Waals surface area contributed by atoms with Gasteiger partial charge in [0.2, 0.25) is 0 Å². The smallest absolute Gasteiger partial charge is 0.0247 e. The molecule has 0 bridgehead atoms. The largest absolute Gasteiger partial charge is 0.317 e. The molecule has 2 heterocycles. The number of rotatable bonds is 6. The number of nitrogens with zero attached hydrogens (tertiary/aromatic N) is 1. The predicted octanol–water partition coefficient (Wildman–Crippen LogP) is 3.41. The molecule has 0 unspecified atom stereocenters. The van der Waals surface area contributed by atoms with Gasteiger partial charge < -0.3 is 5.32 Å². The van der Waals surface area contributed by atoms with Crippen LogP contribution in [0, 0.1) is 6.92 Å². The van der Waals surface area contributed by atoms with E-state index in [1.54, 1.807) is 0 Å². The molecular formula is C15H26N2S. The molecule has 1 saturated heterocycles. The van der Waals surface area contributed by atoms with Gasteiger partial charge in [-0.25, -0.2) is 0 Å². The molecule has 1 aromatic heterocycles. The highest BCUT2D eigenvalue weighted by Crippen LogP contribution is 2.21. The second-order valence-corrected chi connectivity index (χ2v) is 6.43. The summed E-state index contributed by atoms with van der Waals surface area (Å²) >= 11 is 1.88. The molecule has 0 spiro atoms. The number of piperidine rings is 1. The fraction of sp³-hybridized carbons (Fsp3) is 0.733. The van der Waals surface area contributed by atoms with Crippen molar-refractivity contribution in [3.05, 3.63) is 21.9 Å². The summed E-state index contributed by atoms with van der Waals surface area (Å²) in [5, 5.41) is 5.70. The summed E-state index contributed by atoms with van der Waals surface area (Å²) in [4.78, 5) is 4.21. The SMILES string of the molecule is CCCCN(Cc1ccsc1C)C1CCNCC1. The molecule has 3 heteroatoms. The van der Waals surface area contributed by atoms with Gasteiger partial charge in [-0.3, -0.25) is 4.90 Å². The molecule has 2 rings (SSSR count). The molecule has 18 heavy (non-hydrogen) atoms. The van der Waals surface area contributed by atoms with Crippen LogP contribution >= 0.6 is 11.3 Å². The molecule has 0 aliphatic carbocycles. The van der Waals surface area contributed by atoms with Crippen LogP contribution in [0.2, 0.25) is 0 Å². The van der Waals surface area contributed by atoms with Crippen LogP contribution in [0.25, 0.3) is 0 Å². The molecule has 0 saturated carbocycles. The van der Waals surface area contributed by atoms with Crippen LogP contribution in [0.15, 0.2) is 11.4 Å². The summed E-state index contributed by atoms with van der Waals surface area (Å²) in [5.74, 6) is 0. The number of aryl methyl sites for hydroxylation is 1. The van der Waals surface area contributed by atoms with Crippen LogP contribution in [0.1, 0.15) is 43.0 Å². The average molecular weight is 266 g/mol. The van der Waals surface area contributed by atoms with Gasteiger partial charge in [0.25, 0.3) is 0 Å². The fourth-order valence-corrected chi connectivity index (χ4v) is 3.44. The Kier molecular flexibility index (Phi) is 5.67. The van der Waals surface area contributed by atoms with E-state index in [0.29, 0.717) is 0 Å². The summed E-state index contributed by atoms with van der Waals surface area (Å²) in [6.45, 7) is 9.33. The predicted molar refractivity (Wildman–Crippen MR) is 80.3 cm³/mol. The van der Waals surface area contributed by atoms with Crippen molar-refractivity contribution in [2.24, 2.45) is 0 Å². The summed E-state index contributed by atoms with van der Waals surface area (Å²) in [6, 6.07) is 3.09. The van der Waals surface area contributed by atoms with E-state index in [0.717, 1.165) is 12.6 Å². The standard InChI is InChI=1S/C15H26N2S/c1-3-4-10-17(15-5-8-16-9-6-15)12-14-7-11-18-13(14)2/h7,11,15-16H,3-6,8-10,12H2,1-2H3. The van der Waals surface area contributed by atoms with Gasteiger partial charge in [-0.05, 0) is 62.8 Å². The van der Waals surface area contributed by atoms with Crippen molar-refractivity contribution in [1.82, 2.24) is 10.2 Å². The molecule has 1 aromatic rings. The lowest BCUT2D eigenvalue weighted by atomic mass is 10.0. The zero-order valence-electron chi connectivity index (χ0n) is 11.7. The maximum absolute atomic E-state index is 3.47. The van der Waals surface area contributed by atoms with E-state index in [1.807, 2.05) is 11.3 Å². The van der Waals surface area contributed by atoms with Gasteiger partial charge in [-0.2, -0.15) is 0 Å². The Hall–Kier alpha value is -0.380. The quantitative estimate of drug-likeness (QED) is 0.849. The molecule has 1 aliphatic heterocycles. The van der Waals surface area contributed by atoms with E-state index in [9.17, 15) is 0 Å². The zero-order valence-corrected chi connectivity index (χ0v) is 12.6. The molecule has 1 aliphatic rings. The van der Waals surface area contributed by atoms with Crippen molar-refractivity contribution < 1.29 is 0 Å². The Morgan fingerprint density at radius 1 is 1.39 bits per heavy atom. The van der Waals surface area contributed by atoms with Crippen molar-refractivity contribution >= 4 is 11.3 Å². The summed E-state index contributed by atoms with van der Waals surface area (Å²) < 4.78 is 0. The van der Waals surface area contributed by atoms with Crippen LogP contribution in [-0.4, -0.2) is 30.6 Å². The monoisotopic (exact) mass is 266 g/mol. The van der Waals surface area contributed by atoms with Gasteiger partial charge in [0.1, 0.15) is 0 Å². The number of nitrogens with one attached hydrogen (secondary N) is 1. The minimum atomic E-state index is 0.789. The first-order valence-electron chi connectivity index (χ1n) is 7.29. The first-order chi connectivity index (χ1) is 8.81. The van der Waals surface area contributed by atoms with Gasteiger partial charge >= 0.3 is 0 Å². The van der Waals surface area contributed by atoms with Crippen molar-refractivity contribution in [2.75, 3.05) is 19.6 Å². The van der Waals surface area contributed by atoms with Gasteiger partial charge in [-0.1, -0.05) is 13.3 Å². The molecule has 0 amide bonds. The van der Waals surface area contributed by atoms with Crippen molar-refractivity contribution in [3.63, 3.8) is 0 Å². The Morgan fingerprint density at radius 2 is 2.17 bits per heavy atom. The molecule has 1 N–H and O–H groups in total. The molecular weight excluding hydrogens is 240 g/mol. The average Bonchev–Trinajstić information content (AvgIpc) is 2.81. The minimum Gasteiger partial charge on any atom is -0.317 e. The lowest BCUT2D eigenvalue weighted by Crippen LogP contribution is -2.43. The molecule has 0 aromatic carbocycles. The van der Waals surface area contributed by atoms with Gasteiger partial charge in [0.05, 0.1) is 0 Å². The van der Waals surface area contributed by atoms with Crippen molar-refractivity contribution in [3.8, 4) is 0 Å². The van der Waals surface area contributed by atoms with Crippen LogP contribution < -0.4 is 5.32 Å².